The smallest absolute Gasteiger partial charge is 0.240 e. The molecule has 2 aliphatic heterocycles. The Balaban J connectivity index is 1.22. The number of sulfonamides is 1. The Morgan fingerprint density at radius 2 is 1.84 bits per heavy atom. The van der Waals surface area contributed by atoms with Crippen molar-refractivity contribution in [3.8, 4) is 0 Å². The zero-order valence-corrected chi connectivity index (χ0v) is 18.7. The fourth-order valence-corrected chi connectivity index (χ4v) is 5.30. The van der Waals surface area contributed by atoms with E-state index in [2.05, 4.69) is 51.0 Å². The van der Waals surface area contributed by atoms with Crippen LogP contribution in [0.4, 0.5) is 11.4 Å². The van der Waals surface area contributed by atoms with Gasteiger partial charge in [0.1, 0.15) is 0 Å². The van der Waals surface area contributed by atoms with Crippen LogP contribution in [0.5, 0.6) is 0 Å². The maximum atomic E-state index is 12.6. The molecule has 166 valence electrons. The Morgan fingerprint density at radius 1 is 1.03 bits per heavy atom. The summed E-state index contributed by atoms with van der Waals surface area (Å²) in [4.78, 5) is 16.5. The van der Waals surface area contributed by atoms with E-state index in [-0.39, 0.29) is 10.8 Å². The third-order valence-corrected chi connectivity index (χ3v) is 7.42. The first-order valence-electron chi connectivity index (χ1n) is 10.9. The number of aryl methyl sites for hydroxylation is 2. The van der Waals surface area contributed by atoms with Crippen LogP contribution in [0.25, 0.3) is 0 Å². The molecule has 2 aromatic carbocycles. The van der Waals surface area contributed by atoms with Gasteiger partial charge in [-0.1, -0.05) is 12.1 Å². The largest absolute Gasteiger partial charge is 0.369 e. The van der Waals surface area contributed by atoms with E-state index in [4.69, 9.17) is 0 Å². The lowest BCUT2D eigenvalue weighted by Crippen LogP contribution is -2.47. The number of hydrogen-bond acceptors (Lipinski definition) is 5. The molecule has 0 atom stereocenters. The number of benzene rings is 2. The molecule has 0 saturated carbocycles. The fourth-order valence-electron chi connectivity index (χ4n) is 4.17. The maximum Gasteiger partial charge on any atom is 0.240 e. The van der Waals surface area contributed by atoms with E-state index in [9.17, 15) is 13.2 Å². The highest BCUT2D eigenvalue weighted by Gasteiger charge is 2.20. The van der Waals surface area contributed by atoms with E-state index >= 15 is 0 Å². The van der Waals surface area contributed by atoms with Gasteiger partial charge in [0.2, 0.25) is 15.9 Å². The Bertz CT molecular complexity index is 1050. The molecule has 0 unspecified atom stereocenters. The minimum atomic E-state index is -3.55. The lowest BCUT2D eigenvalue weighted by Gasteiger charge is -2.36. The lowest BCUT2D eigenvalue weighted by molar-refractivity contribution is -0.116. The number of carbonyl (C=O) groups is 1. The number of nitrogens with zero attached hydrogens (tertiary/aromatic N) is 2. The summed E-state index contributed by atoms with van der Waals surface area (Å²) in [6.45, 7) is 7.34. The van der Waals surface area contributed by atoms with Crippen LogP contribution in [0, 0.1) is 6.92 Å². The van der Waals surface area contributed by atoms with Gasteiger partial charge in [-0.2, -0.15) is 0 Å². The van der Waals surface area contributed by atoms with Gasteiger partial charge in [0.15, 0.2) is 0 Å². The molecule has 8 heteroatoms. The van der Waals surface area contributed by atoms with Crippen LogP contribution < -0.4 is 14.9 Å². The number of fused-ring (bicyclic) bond motifs is 1. The molecule has 2 aromatic rings. The fraction of sp³-hybridized carbons (Fsp3) is 0.435. The van der Waals surface area contributed by atoms with Gasteiger partial charge in [0, 0.05) is 50.5 Å². The van der Waals surface area contributed by atoms with Crippen LogP contribution in [0.2, 0.25) is 0 Å². The molecule has 0 bridgehead atoms. The quantitative estimate of drug-likeness (QED) is 0.644. The maximum absolute atomic E-state index is 12.6. The molecule has 1 amide bonds. The normalized spacial score (nSPS) is 17.3. The van der Waals surface area contributed by atoms with Crippen LogP contribution in [0.1, 0.15) is 24.0 Å². The van der Waals surface area contributed by atoms with Crippen molar-refractivity contribution >= 4 is 27.3 Å². The van der Waals surface area contributed by atoms with Crippen molar-refractivity contribution in [3.63, 3.8) is 0 Å². The minimum Gasteiger partial charge on any atom is -0.369 e. The van der Waals surface area contributed by atoms with Gasteiger partial charge >= 0.3 is 0 Å². The third-order valence-electron chi connectivity index (χ3n) is 5.96. The second-order valence-electron chi connectivity index (χ2n) is 8.29. The molecule has 0 aromatic heterocycles. The minimum absolute atomic E-state index is 0.0269. The number of piperazine rings is 1. The van der Waals surface area contributed by atoms with E-state index < -0.39 is 10.0 Å². The van der Waals surface area contributed by atoms with Gasteiger partial charge in [-0.25, -0.2) is 13.1 Å². The van der Waals surface area contributed by atoms with E-state index in [0.717, 1.165) is 44.7 Å². The summed E-state index contributed by atoms with van der Waals surface area (Å²) in [6, 6.07) is 13.5. The van der Waals surface area contributed by atoms with Crippen molar-refractivity contribution in [2.24, 2.45) is 0 Å². The first kappa shape index (κ1) is 21.8. The first-order chi connectivity index (χ1) is 14.9. The van der Waals surface area contributed by atoms with Crippen LogP contribution in [0.3, 0.4) is 0 Å². The summed E-state index contributed by atoms with van der Waals surface area (Å²) in [6.07, 6.45) is 1.73. The second-order valence-corrected chi connectivity index (χ2v) is 10.1. The van der Waals surface area contributed by atoms with Crippen LogP contribution in [0.15, 0.2) is 47.4 Å². The highest BCUT2D eigenvalue weighted by atomic mass is 32.2. The van der Waals surface area contributed by atoms with Crippen LogP contribution >= 0.6 is 0 Å². The average molecular weight is 443 g/mol. The molecule has 4 rings (SSSR count). The summed E-state index contributed by atoms with van der Waals surface area (Å²) in [5, 5.41) is 2.78. The van der Waals surface area contributed by atoms with Crippen molar-refractivity contribution in [1.29, 1.82) is 0 Å². The molecular weight excluding hydrogens is 412 g/mol. The molecule has 0 aliphatic carbocycles. The highest BCUT2D eigenvalue weighted by molar-refractivity contribution is 7.89. The second kappa shape index (κ2) is 9.38. The van der Waals surface area contributed by atoms with Gasteiger partial charge in [-0.15, -0.1) is 0 Å². The van der Waals surface area contributed by atoms with E-state index in [1.54, 1.807) is 18.2 Å². The SMILES string of the molecule is Cc1cccc(N2CCN(CCCNS(=O)(=O)c3ccc4c(c3)CCC(=O)N4)CC2)c1. The monoisotopic (exact) mass is 442 g/mol. The molecule has 7 nitrogen and oxygen atoms in total. The number of hydrogen-bond donors (Lipinski definition) is 2. The molecular formula is C23H30N4O3S. The Kier molecular flexibility index (Phi) is 6.60. The first-order valence-corrected chi connectivity index (χ1v) is 12.4. The zero-order valence-electron chi connectivity index (χ0n) is 17.9. The summed E-state index contributed by atoms with van der Waals surface area (Å²) in [5.74, 6) is -0.0269. The zero-order chi connectivity index (χ0) is 21.8. The number of rotatable bonds is 7. The molecule has 2 N–H and O–H groups in total. The van der Waals surface area contributed by atoms with Crippen molar-refractivity contribution < 1.29 is 13.2 Å². The summed E-state index contributed by atoms with van der Waals surface area (Å²) in [5.41, 5.74) is 4.13. The van der Waals surface area contributed by atoms with Crippen LogP contribution in [-0.2, 0) is 21.2 Å². The average Bonchev–Trinajstić information content (AvgIpc) is 2.77. The Morgan fingerprint density at radius 3 is 2.61 bits per heavy atom. The standard InChI is InChI=1S/C23H30N4O3S/c1-18-4-2-5-20(16-18)27-14-12-26(13-15-27)11-3-10-24-31(29,30)21-7-8-22-19(17-21)6-9-23(28)25-22/h2,4-5,7-8,16-17,24H,3,6,9-15H2,1H3,(H,25,28). The van der Waals surface area contributed by atoms with Gasteiger partial charge in [-0.05, 0) is 67.8 Å². The summed E-state index contributed by atoms with van der Waals surface area (Å²) in [7, 11) is -3.55. The van der Waals surface area contributed by atoms with Gasteiger partial charge < -0.3 is 10.2 Å². The van der Waals surface area contributed by atoms with Gasteiger partial charge in [0.25, 0.3) is 0 Å². The molecule has 0 spiro atoms. The van der Waals surface area contributed by atoms with Gasteiger partial charge in [-0.3, -0.25) is 9.69 Å². The van der Waals surface area contributed by atoms with Gasteiger partial charge in [0.05, 0.1) is 4.90 Å². The molecule has 2 aliphatic rings. The van der Waals surface area contributed by atoms with Crippen molar-refractivity contribution in [3.05, 3.63) is 53.6 Å². The molecule has 2 heterocycles. The van der Waals surface area contributed by atoms with Crippen molar-refractivity contribution in [1.82, 2.24) is 9.62 Å². The molecule has 1 saturated heterocycles. The lowest BCUT2D eigenvalue weighted by atomic mass is 10.0. The summed E-state index contributed by atoms with van der Waals surface area (Å²) >= 11 is 0. The highest BCUT2D eigenvalue weighted by Crippen LogP contribution is 2.25. The predicted molar refractivity (Wildman–Crippen MR) is 123 cm³/mol. The Labute approximate surface area is 184 Å². The number of nitrogens with one attached hydrogen (secondary N) is 2. The molecule has 0 radical (unpaired) electrons. The van der Waals surface area contributed by atoms with E-state index in [1.165, 1.54) is 11.3 Å². The number of amides is 1. The van der Waals surface area contributed by atoms with Crippen molar-refractivity contribution in [2.45, 2.75) is 31.1 Å². The molecule has 31 heavy (non-hydrogen) atoms. The molecule has 1 fully saturated rings. The van der Waals surface area contributed by atoms with Crippen LogP contribution in [-0.4, -0.2) is 58.5 Å². The number of anilines is 2. The number of carbonyl (C=O) groups excluding carboxylic acids is 1. The van der Waals surface area contributed by atoms with E-state index in [0.29, 0.717) is 25.1 Å². The summed E-state index contributed by atoms with van der Waals surface area (Å²) < 4.78 is 28.0. The predicted octanol–water partition coefficient (Wildman–Crippen LogP) is 2.37. The van der Waals surface area contributed by atoms with Crippen molar-refractivity contribution in [2.75, 3.05) is 49.5 Å². The third kappa shape index (κ3) is 5.44. The topological polar surface area (TPSA) is 81.8 Å². The Hall–Kier alpha value is -2.42. The van der Waals surface area contributed by atoms with E-state index in [1.807, 2.05) is 0 Å².